The smallest absolute Gasteiger partial charge is 0.228 e. The summed E-state index contributed by atoms with van der Waals surface area (Å²) in [4.78, 5) is 17.4. The number of rotatable bonds is 7. The van der Waals surface area contributed by atoms with Crippen LogP contribution < -0.4 is 9.47 Å². The highest BCUT2D eigenvalue weighted by atomic mass is 19.1. The minimum atomic E-state index is -0.427. The van der Waals surface area contributed by atoms with E-state index in [4.69, 9.17) is 9.47 Å². The Bertz CT molecular complexity index is 897. The van der Waals surface area contributed by atoms with Crippen molar-refractivity contribution in [2.75, 3.05) is 32.8 Å². The van der Waals surface area contributed by atoms with Gasteiger partial charge in [0.25, 0.3) is 0 Å². The molecule has 4 rings (SSSR count). The first-order chi connectivity index (χ1) is 15.0. The lowest BCUT2D eigenvalue weighted by molar-refractivity contribution is -0.142. The Balaban J connectivity index is 1.41. The predicted octanol–water partition coefficient (Wildman–Crippen LogP) is 4.10. The molecule has 0 bridgehead atoms. The number of benzene rings is 2. The molecule has 2 aromatic rings. The topological polar surface area (TPSA) is 42.0 Å². The normalized spacial score (nSPS) is 16.6. The number of carbonyl (C=O) groups excluding carboxylic acids is 1. The minimum absolute atomic E-state index is 0.00674. The highest BCUT2D eigenvalue weighted by molar-refractivity contribution is 5.80. The summed E-state index contributed by atoms with van der Waals surface area (Å²) in [6.45, 7) is 8.54. The maximum absolute atomic E-state index is 14.6. The van der Waals surface area contributed by atoms with Crippen LogP contribution in [0.3, 0.4) is 0 Å². The Morgan fingerprint density at radius 1 is 1.13 bits per heavy atom. The van der Waals surface area contributed by atoms with Crippen molar-refractivity contribution in [2.45, 2.75) is 33.4 Å². The van der Waals surface area contributed by atoms with Crippen LogP contribution >= 0.6 is 0 Å². The molecule has 1 amide bonds. The third-order valence-corrected chi connectivity index (χ3v) is 5.69. The fourth-order valence-electron chi connectivity index (χ4n) is 4.22. The van der Waals surface area contributed by atoms with E-state index in [0.717, 1.165) is 31.6 Å². The molecule has 2 aromatic carbocycles. The summed E-state index contributed by atoms with van der Waals surface area (Å²) >= 11 is 0. The molecule has 5 nitrogen and oxygen atoms in total. The van der Waals surface area contributed by atoms with Crippen molar-refractivity contribution >= 4 is 5.91 Å². The Kier molecular flexibility index (Phi) is 6.76. The van der Waals surface area contributed by atoms with Gasteiger partial charge in [-0.3, -0.25) is 9.69 Å². The third kappa shape index (κ3) is 5.37. The van der Waals surface area contributed by atoms with Crippen LogP contribution in [0, 0.1) is 17.7 Å². The van der Waals surface area contributed by atoms with Crippen molar-refractivity contribution < 1.29 is 18.7 Å². The molecule has 0 aromatic heterocycles. The third-order valence-electron chi connectivity index (χ3n) is 5.69. The Morgan fingerprint density at radius 3 is 2.61 bits per heavy atom. The molecule has 166 valence electrons. The summed E-state index contributed by atoms with van der Waals surface area (Å²) in [5, 5.41) is 0. The second-order valence-electron chi connectivity index (χ2n) is 8.94. The second kappa shape index (κ2) is 9.69. The first kappa shape index (κ1) is 21.6. The zero-order chi connectivity index (χ0) is 21.8. The van der Waals surface area contributed by atoms with Gasteiger partial charge < -0.3 is 14.4 Å². The van der Waals surface area contributed by atoms with E-state index in [1.54, 1.807) is 0 Å². The standard InChI is InChI=1S/C25H31FN2O3/c1-18(2)13-28(15-20-11-22(26)24-23(12-20)30-9-6-10-31-24)25(29)21-16-27(17-21)14-19-7-4-3-5-8-19/h3-5,7-8,11-12,18,21H,6,9-10,13-17H2,1-2H3. The Labute approximate surface area is 183 Å². The molecular weight excluding hydrogens is 395 g/mol. The van der Waals surface area contributed by atoms with Crippen LogP contribution in [0.4, 0.5) is 4.39 Å². The van der Waals surface area contributed by atoms with Gasteiger partial charge in [0.1, 0.15) is 0 Å². The first-order valence-corrected chi connectivity index (χ1v) is 11.1. The molecule has 0 aliphatic carbocycles. The number of hydrogen-bond donors (Lipinski definition) is 0. The van der Waals surface area contributed by atoms with E-state index in [-0.39, 0.29) is 17.6 Å². The SMILES string of the molecule is CC(C)CN(Cc1cc(F)c2c(c1)OCCCO2)C(=O)C1CN(Cc2ccccc2)C1. The zero-order valence-electron chi connectivity index (χ0n) is 18.4. The van der Waals surface area contributed by atoms with Gasteiger partial charge in [-0.25, -0.2) is 4.39 Å². The minimum Gasteiger partial charge on any atom is -0.489 e. The van der Waals surface area contributed by atoms with E-state index in [2.05, 4.69) is 30.9 Å². The van der Waals surface area contributed by atoms with Gasteiger partial charge >= 0.3 is 0 Å². The van der Waals surface area contributed by atoms with Crippen molar-refractivity contribution in [1.82, 2.24) is 9.80 Å². The van der Waals surface area contributed by atoms with Crippen LogP contribution in [0.15, 0.2) is 42.5 Å². The fourth-order valence-corrected chi connectivity index (χ4v) is 4.22. The van der Waals surface area contributed by atoms with Crippen molar-refractivity contribution in [1.29, 1.82) is 0 Å². The highest BCUT2D eigenvalue weighted by Gasteiger charge is 2.35. The van der Waals surface area contributed by atoms with E-state index in [1.165, 1.54) is 11.6 Å². The second-order valence-corrected chi connectivity index (χ2v) is 8.94. The number of carbonyl (C=O) groups is 1. The number of ether oxygens (including phenoxy) is 2. The van der Waals surface area contributed by atoms with Crippen molar-refractivity contribution in [3.63, 3.8) is 0 Å². The molecule has 1 saturated heterocycles. The van der Waals surface area contributed by atoms with E-state index < -0.39 is 5.82 Å². The van der Waals surface area contributed by atoms with Crippen LogP contribution in [0.25, 0.3) is 0 Å². The van der Waals surface area contributed by atoms with Gasteiger partial charge in [0.2, 0.25) is 5.91 Å². The van der Waals surface area contributed by atoms with Crippen LogP contribution in [-0.2, 0) is 17.9 Å². The summed E-state index contributed by atoms with van der Waals surface area (Å²) in [6, 6.07) is 13.6. The molecule has 2 aliphatic rings. The lowest BCUT2D eigenvalue weighted by atomic mass is 9.96. The van der Waals surface area contributed by atoms with Crippen LogP contribution in [0.2, 0.25) is 0 Å². The van der Waals surface area contributed by atoms with Gasteiger partial charge in [-0.2, -0.15) is 0 Å². The van der Waals surface area contributed by atoms with Crippen LogP contribution in [0.5, 0.6) is 11.5 Å². The lowest BCUT2D eigenvalue weighted by Gasteiger charge is -2.41. The quantitative estimate of drug-likeness (QED) is 0.668. The molecule has 2 heterocycles. The van der Waals surface area contributed by atoms with E-state index >= 15 is 0 Å². The summed E-state index contributed by atoms with van der Waals surface area (Å²) in [7, 11) is 0. The number of halogens is 1. The molecule has 0 saturated carbocycles. The highest BCUT2D eigenvalue weighted by Crippen LogP contribution is 2.34. The lowest BCUT2D eigenvalue weighted by Crippen LogP contribution is -2.54. The molecule has 0 N–H and O–H groups in total. The largest absolute Gasteiger partial charge is 0.489 e. The number of amides is 1. The number of hydrogen-bond acceptors (Lipinski definition) is 4. The molecular formula is C25H31FN2O3. The zero-order valence-corrected chi connectivity index (χ0v) is 18.4. The molecule has 6 heteroatoms. The average molecular weight is 427 g/mol. The number of fused-ring (bicyclic) bond motifs is 1. The monoisotopic (exact) mass is 426 g/mol. The average Bonchev–Trinajstić information content (AvgIpc) is 2.96. The summed E-state index contributed by atoms with van der Waals surface area (Å²) in [6.07, 6.45) is 0.725. The van der Waals surface area contributed by atoms with Gasteiger partial charge in [-0.05, 0) is 29.2 Å². The molecule has 1 fully saturated rings. The van der Waals surface area contributed by atoms with E-state index in [9.17, 15) is 9.18 Å². The summed E-state index contributed by atoms with van der Waals surface area (Å²) in [5.74, 6) is 0.651. The van der Waals surface area contributed by atoms with Gasteiger partial charge in [-0.1, -0.05) is 44.2 Å². The van der Waals surface area contributed by atoms with Gasteiger partial charge in [0.15, 0.2) is 17.3 Å². The van der Waals surface area contributed by atoms with Crippen LogP contribution in [-0.4, -0.2) is 48.6 Å². The Hall–Kier alpha value is -2.60. The van der Waals surface area contributed by atoms with Crippen molar-refractivity contribution in [3.8, 4) is 11.5 Å². The summed E-state index contributed by atoms with van der Waals surface area (Å²) in [5.41, 5.74) is 1.99. The van der Waals surface area contributed by atoms with Crippen LogP contribution in [0.1, 0.15) is 31.4 Å². The van der Waals surface area contributed by atoms with Crippen molar-refractivity contribution in [3.05, 3.63) is 59.4 Å². The fraction of sp³-hybridized carbons (Fsp3) is 0.480. The van der Waals surface area contributed by atoms with E-state index in [0.29, 0.717) is 38.0 Å². The number of nitrogens with zero attached hydrogens (tertiary/aromatic N) is 2. The predicted molar refractivity (Wildman–Crippen MR) is 117 cm³/mol. The Morgan fingerprint density at radius 2 is 1.87 bits per heavy atom. The van der Waals surface area contributed by atoms with E-state index in [1.807, 2.05) is 29.2 Å². The van der Waals surface area contributed by atoms with Gasteiger partial charge in [-0.15, -0.1) is 0 Å². The molecule has 0 spiro atoms. The summed E-state index contributed by atoms with van der Waals surface area (Å²) < 4.78 is 25.8. The maximum Gasteiger partial charge on any atom is 0.228 e. The molecule has 0 radical (unpaired) electrons. The number of likely N-dealkylation sites (tertiary alicyclic amines) is 1. The van der Waals surface area contributed by atoms with Crippen molar-refractivity contribution in [2.24, 2.45) is 11.8 Å². The first-order valence-electron chi connectivity index (χ1n) is 11.1. The van der Waals surface area contributed by atoms with Gasteiger partial charge in [0.05, 0.1) is 19.1 Å². The molecule has 31 heavy (non-hydrogen) atoms. The maximum atomic E-state index is 14.6. The molecule has 0 unspecified atom stereocenters. The molecule has 0 atom stereocenters. The molecule has 2 aliphatic heterocycles. The van der Waals surface area contributed by atoms with Gasteiger partial charge in [0, 0.05) is 39.1 Å².